The molecule has 0 radical (unpaired) electrons. The lowest BCUT2D eigenvalue weighted by atomic mass is 9.78. The van der Waals surface area contributed by atoms with Crippen molar-refractivity contribution in [2.45, 2.75) is 64.5 Å². The van der Waals surface area contributed by atoms with Crippen LogP contribution in [-0.4, -0.2) is 28.0 Å². The zero-order valence-electron chi connectivity index (χ0n) is 13.1. The molecule has 0 aromatic carbocycles. The number of aryl methyl sites for hydroxylation is 1. The Hall–Kier alpha value is -1.45. The number of likely N-dealkylation sites (tertiary alicyclic amines) is 1. The largest absolute Gasteiger partial charge is 0.397 e. The molecule has 1 aromatic heterocycles. The van der Waals surface area contributed by atoms with Crippen molar-refractivity contribution in [2.75, 3.05) is 12.3 Å². The van der Waals surface area contributed by atoms with Crippen LogP contribution in [-0.2, 0) is 6.54 Å². The highest BCUT2D eigenvalue weighted by molar-refractivity contribution is 5.94. The summed E-state index contributed by atoms with van der Waals surface area (Å²) in [5.41, 5.74) is 7.39. The summed E-state index contributed by atoms with van der Waals surface area (Å²) in [6, 6.07) is 2.32. The molecule has 1 saturated heterocycles. The van der Waals surface area contributed by atoms with Gasteiger partial charge < -0.3 is 15.2 Å². The first-order chi connectivity index (χ1) is 10.2. The molecule has 1 aliphatic carbocycles. The first-order valence-corrected chi connectivity index (χ1v) is 8.47. The molecule has 21 heavy (non-hydrogen) atoms. The zero-order chi connectivity index (χ0) is 14.8. The molecule has 2 N–H and O–H groups in total. The molecule has 4 nitrogen and oxygen atoms in total. The molecule has 0 spiro atoms. The highest BCUT2D eigenvalue weighted by atomic mass is 16.2. The van der Waals surface area contributed by atoms with E-state index < -0.39 is 0 Å². The molecule has 2 atom stereocenters. The second-order valence-corrected chi connectivity index (χ2v) is 6.60. The predicted octanol–water partition coefficient (Wildman–Crippen LogP) is 3.28. The number of amides is 1. The third-order valence-corrected chi connectivity index (χ3v) is 5.11. The van der Waals surface area contributed by atoms with Gasteiger partial charge in [-0.3, -0.25) is 4.79 Å². The molecule has 1 aliphatic heterocycles. The summed E-state index contributed by atoms with van der Waals surface area (Å²) in [7, 11) is 0. The molecule has 0 bridgehead atoms. The maximum Gasteiger partial charge on any atom is 0.270 e. The van der Waals surface area contributed by atoms with Crippen LogP contribution in [0.25, 0.3) is 0 Å². The van der Waals surface area contributed by atoms with Gasteiger partial charge in [-0.25, -0.2) is 0 Å². The van der Waals surface area contributed by atoms with Crippen LogP contribution in [0.5, 0.6) is 0 Å². The van der Waals surface area contributed by atoms with Crippen LogP contribution < -0.4 is 5.73 Å². The number of nitrogens with zero attached hydrogens (tertiary/aromatic N) is 2. The standard InChI is InChI=1S/C17H27N3O/c1-2-9-19-12-14(18)11-16(19)17(21)20-10-5-7-13-6-3-4-8-15(13)20/h11-13,15H,2-10,18H2,1H3/t13-,15-/m1/s1. The summed E-state index contributed by atoms with van der Waals surface area (Å²) in [5, 5.41) is 0. The number of nitrogens with two attached hydrogens (primary N) is 1. The monoisotopic (exact) mass is 289 g/mol. The second kappa shape index (κ2) is 6.12. The number of hydrogen-bond acceptors (Lipinski definition) is 2. The van der Waals surface area contributed by atoms with E-state index in [4.69, 9.17) is 5.73 Å². The van der Waals surface area contributed by atoms with Gasteiger partial charge in [0, 0.05) is 25.3 Å². The van der Waals surface area contributed by atoms with Crippen molar-refractivity contribution in [2.24, 2.45) is 5.92 Å². The lowest BCUT2D eigenvalue weighted by molar-refractivity contribution is 0.0381. The van der Waals surface area contributed by atoms with E-state index in [-0.39, 0.29) is 5.91 Å². The highest BCUT2D eigenvalue weighted by Crippen LogP contribution is 2.36. The Labute approximate surface area is 127 Å². The average molecular weight is 289 g/mol. The fraction of sp³-hybridized carbons (Fsp3) is 0.706. The third-order valence-electron chi connectivity index (χ3n) is 5.11. The van der Waals surface area contributed by atoms with Crippen molar-refractivity contribution >= 4 is 11.6 Å². The highest BCUT2D eigenvalue weighted by Gasteiger charge is 2.36. The molecular formula is C17H27N3O. The molecule has 1 saturated carbocycles. The third kappa shape index (κ3) is 2.81. The zero-order valence-corrected chi connectivity index (χ0v) is 13.1. The van der Waals surface area contributed by atoms with Gasteiger partial charge in [-0.05, 0) is 44.1 Å². The van der Waals surface area contributed by atoms with Gasteiger partial charge in [-0.2, -0.15) is 0 Å². The maximum absolute atomic E-state index is 13.0. The molecule has 0 unspecified atom stereocenters. The van der Waals surface area contributed by atoms with Crippen molar-refractivity contribution in [3.63, 3.8) is 0 Å². The van der Waals surface area contributed by atoms with E-state index in [1.807, 2.05) is 16.8 Å². The van der Waals surface area contributed by atoms with Crippen molar-refractivity contribution in [1.29, 1.82) is 0 Å². The molecule has 2 aliphatic rings. The van der Waals surface area contributed by atoms with E-state index in [0.29, 0.717) is 11.7 Å². The van der Waals surface area contributed by atoms with E-state index in [9.17, 15) is 4.79 Å². The van der Waals surface area contributed by atoms with E-state index in [1.165, 1.54) is 32.1 Å². The van der Waals surface area contributed by atoms with Gasteiger partial charge >= 0.3 is 0 Å². The summed E-state index contributed by atoms with van der Waals surface area (Å²) in [4.78, 5) is 15.2. The normalized spacial score (nSPS) is 25.7. The van der Waals surface area contributed by atoms with Gasteiger partial charge in [0.1, 0.15) is 5.69 Å². The van der Waals surface area contributed by atoms with Crippen LogP contribution in [0.4, 0.5) is 5.69 Å². The van der Waals surface area contributed by atoms with Crippen LogP contribution in [0.1, 0.15) is 62.4 Å². The number of carbonyl (C=O) groups excluding carboxylic acids is 1. The molecule has 2 heterocycles. The fourth-order valence-corrected chi connectivity index (χ4v) is 4.16. The quantitative estimate of drug-likeness (QED) is 0.928. The van der Waals surface area contributed by atoms with Gasteiger partial charge in [0.2, 0.25) is 0 Å². The fourth-order valence-electron chi connectivity index (χ4n) is 4.16. The molecule has 3 rings (SSSR count). The predicted molar refractivity (Wildman–Crippen MR) is 85.2 cm³/mol. The first kappa shape index (κ1) is 14.5. The molecule has 2 fully saturated rings. The summed E-state index contributed by atoms with van der Waals surface area (Å²) < 4.78 is 2.03. The van der Waals surface area contributed by atoms with Crippen LogP contribution in [0.15, 0.2) is 12.3 Å². The topological polar surface area (TPSA) is 51.3 Å². The number of nitrogen functional groups attached to an aromatic ring is 1. The molecule has 1 amide bonds. The van der Waals surface area contributed by atoms with Gasteiger partial charge in [-0.1, -0.05) is 19.8 Å². The Bertz CT molecular complexity index is 506. The minimum Gasteiger partial charge on any atom is -0.397 e. The Morgan fingerprint density at radius 3 is 2.86 bits per heavy atom. The Morgan fingerprint density at radius 2 is 2.05 bits per heavy atom. The Balaban J connectivity index is 1.83. The van der Waals surface area contributed by atoms with E-state index in [1.54, 1.807) is 0 Å². The lowest BCUT2D eigenvalue weighted by Crippen LogP contribution is -2.50. The van der Waals surface area contributed by atoms with Crippen molar-refractivity contribution in [3.8, 4) is 0 Å². The number of aromatic nitrogens is 1. The SMILES string of the molecule is CCCn1cc(N)cc1C(=O)N1CCC[C@H]2CCCC[C@H]21. The van der Waals surface area contributed by atoms with E-state index >= 15 is 0 Å². The molecule has 116 valence electrons. The summed E-state index contributed by atoms with van der Waals surface area (Å²) in [6.07, 6.45) is 10.4. The van der Waals surface area contributed by atoms with Crippen LogP contribution in [0.2, 0.25) is 0 Å². The second-order valence-electron chi connectivity index (χ2n) is 6.60. The Morgan fingerprint density at radius 1 is 1.29 bits per heavy atom. The molecular weight excluding hydrogens is 262 g/mol. The number of fused-ring (bicyclic) bond motifs is 1. The minimum atomic E-state index is 0.191. The molecule has 4 heteroatoms. The smallest absolute Gasteiger partial charge is 0.270 e. The van der Waals surface area contributed by atoms with E-state index in [0.717, 1.165) is 37.5 Å². The van der Waals surface area contributed by atoms with Crippen LogP contribution in [0.3, 0.4) is 0 Å². The van der Waals surface area contributed by atoms with Crippen molar-refractivity contribution in [1.82, 2.24) is 9.47 Å². The lowest BCUT2D eigenvalue weighted by Gasteiger charge is -2.44. The van der Waals surface area contributed by atoms with Gasteiger partial charge in [0.15, 0.2) is 0 Å². The minimum absolute atomic E-state index is 0.191. The number of carbonyl (C=O) groups is 1. The summed E-state index contributed by atoms with van der Waals surface area (Å²) in [6.45, 7) is 3.90. The van der Waals surface area contributed by atoms with E-state index in [2.05, 4.69) is 11.8 Å². The van der Waals surface area contributed by atoms with Gasteiger partial charge in [0.25, 0.3) is 5.91 Å². The summed E-state index contributed by atoms with van der Waals surface area (Å²) in [5.74, 6) is 0.917. The van der Waals surface area contributed by atoms with Crippen molar-refractivity contribution < 1.29 is 4.79 Å². The van der Waals surface area contributed by atoms with Crippen molar-refractivity contribution in [3.05, 3.63) is 18.0 Å². The number of anilines is 1. The number of hydrogen-bond donors (Lipinski definition) is 1. The van der Waals surface area contributed by atoms with Crippen LogP contribution in [0, 0.1) is 5.92 Å². The number of piperidine rings is 1. The first-order valence-electron chi connectivity index (χ1n) is 8.47. The summed E-state index contributed by atoms with van der Waals surface area (Å²) >= 11 is 0. The van der Waals surface area contributed by atoms with Gasteiger partial charge in [0.05, 0.1) is 5.69 Å². The number of rotatable bonds is 3. The average Bonchev–Trinajstić information content (AvgIpc) is 2.87. The molecule has 1 aromatic rings. The Kier molecular flexibility index (Phi) is 4.22. The van der Waals surface area contributed by atoms with Crippen LogP contribution >= 0.6 is 0 Å². The van der Waals surface area contributed by atoms with Gasteiger partial charge in [-0.15, -0.1) is 0 Å². The maximum atomic E-state index is 13.0.